The highest BCUT2D eigenvalue weighted by Crippen LogP contribution is 2.17. The average molecular weight is 280 g/mol. The molecule has 2 aromatic rings. The predicted molar refractivity (Wildman–Crippen MR) is 80.3 cm³/mol. The summed E-state index contributed by atoms with van der Waals surface area (Å²) in [6, 6.07) is 17.3. The number of hydrogen-bond acceptors (Lipinski definition) is 3. The van der Waals surface area contributed by atoms with Crippen LogP contribution in [-0.4, -0.2) is 17.3 Å². The van der Waals surface area contributed by atoms with E-state index in [1.165, 1.54) is 6.92 Å². The molecule has 0 radical (unpaired) electrons. The smallest absolute Gasteiger partial charge is 0.173 e. The number of carbonyl (C=O) groups excluding carboxylic acids is 3. The van der Waals surface area contributed by atoms with Crippen molar-refractivity contribution in [1.29, 1.82) is 0 Å². The van der Waals surface area contributed by atoms with Gasteiger partial charge in [0, 0.05) is 17.5 Å². The summed E-state index contributed by atoms with van der Waals surface area (Å²) >= 11 is 0. The highest BCUT2D eigenvalue weighted by atomic mass is 16.2. The lowest BCUT2D eigenvalue weighted by atomic mass is 9.88. The standard InChI is InChI=1S/C18H16O3/c1-13(19)16(18(21)15-10-6-3-7-11-15)12-17(20)14-8-4-2-5-9-14/h2-11,16H,12H2,1H3. The molecule has 0 aliphatic carbocycles. The van der Waals surface area contributed by atoms with Crippen molar-refractivity contribution in [3.8, 4) is 0 Å². The fraction of sp³-hybridized carbons (Fsp3) is 0.167. The molecule has 0 fully saturated rings. The van der Waals surface area contributed by atoms with Crippen LogP contribution in [0.2, 0.25) is 0 Å². The minimum absolute atomic E-state index is 0.0902. The summed E-state index contributed by atoms with van der Waals surface area (Å²) in [5.74, 6) is -1.69. The maximum absolute atomic E-state index is 12.4. The summed E-state index contributed by atoms with van der Waals surface area (Å²) in [6.45, 7) is 1.35. The van der Waals surface area contributed by atoms with Gasteiger partial charge in [-0.05, 0) is 6.92 Å². The monoisotopic (exact) mass is 280 g/mol. The van der Waals surface area contributed by atoms with Gasteiger partial charge < -0.3 is 0 Å². The second kappa shape index (κ2) is 6.75. The van der Waals surface area contributed by atoms with Crippen molar-refractivity contribution >= 4 is 17.3 Å². The molecule has 0 heterocycles. The fourth-order valence-corrected chi connectivity index (χ4v) is 2.15. The molecule has 0 aromatic heterocycles. The SMILES string of the molecule is CC(=O)C(CC(=O)c1ccccc1)C(=O)c1ccccc1. The van der Waals surface area contributed by atoms with Crippen LogP contribution in [-0.2, 0) is 4.79 Å². The van der Waals surface area contributed by atoms with Gasteiger partial charge in [0.15, 0.2) is 11.6 Å². The number of benzene rings is 2. The first-order chi connectivity index (χ1) is 10.1. The Hall–Kier alpha value is -2.55. The number of ketones is 3. The third kappa shape index (κ3) is 3.72. The Morgan fingerprint density at radius 2 is 1.29 bits per heavy atom. The lowest BCUT2D eigenvalue weighted by Crippen LogP contribution is -2.25. The summed E-state index contributed by atoms with van der Waals surface area (Å²) in [4.78, 5) is 36.3. The minimum Gasteiger partial charge on any atom is -0.299 e. The maximum atomic E-state index is 12.4. The van der Waals surface area contributed by atoms with Gasteiger partial charge in [-0.2, -0.15) is 0 Å². The summed E-state index contributed by atoms with van der Waals surface area (Å²) < 4.78 is 0. The molecule has 2 aromatic carbocycles. The number of hydrogen-bond donors (Lipinski definition) is 0. The van der Waals surface area contributed by atoms with E-state index in [1.807, 2.05) is 6.07 Å². The van der Waals surface area contributed by atoms with E-state index in [9.17, 15) is 14.4 Å². The highest BCUT2D eigenvalue weighted by molar-refractivity contribution is 6.13. The Balaban J connectivity index is 2.19. The zero-order valence-corrected chi connectivity index (χ0v) is 11.8. The first-order valence-corrected chi connectivity index (χ1v) is 6.77. The van der Waals surface area contributed by atoms with E-state index in [-0.39, 0.29) is 23.8 Å². The van der Waals surface area contributed by atoms with E-state index < -0.39 is 5.92 Å². The van der Waals surface area contributed by atoms with Crippen LogP contribution in [0, 0.1) is 5.92 Å². The second-order valence-corrected chi connectivity index (χ2v) is 4.89. The topological polar surface area (TPSA) is 51.2 Å². The molecule has 106 valence electrons. The van der Waals surface area contributed by atoms with Gasteiger partial charge in [-0.15, -0.1) is 0 Å². The van der Waals surface area contributed by atoms with Crippen LogP contribution < -0.4 is 0 Å². The zero-order valence-electron chi connectivity index (χ0n) is 11.8. The van der Waals surface area contributed by atoms with E-state index in [1.54, 1.807) is 54.6 Å². The van der Waals surface area contributed by atoms with Crippen molar-refractivity contribution in [3.63, 3.8) is 0 Å². The lowest BCUT2D eigenvalue weighted by Gasteiger charge is -2.12. The minimum atomic E-state index is -0.917. The second-order valence-electron chi connectivity index (χ2n) is 4.89. The van der Waals surface area contributed by atoms with Gasteiger partial charge in [0.1, 0.15) is 5.78 Å². The Kier molecular flexibility index (Phi) is 4.77. The van der Waals surface area contributed by atoms with Crippen LogP contribution in [0.15, 0.2) is 60.7 Å². The molecule has 3 heteroatoms. The zero-order chi connectivity index (χ0) is 15.2. The number of rotatable bonds is 6. The quantitative estimate of drug-likeness (QED) is 0.602. The van der Waals surface area contributed by atoms with Crippen LogP contribution in [0.25, 0.3) is 0 Å². The molecule has 0 aliphatic rings. The van der Waals surface area contributed by atoms with Gasteiger partial charge in [0.2, 0.25) is 0 Å². The molecule has 0 bridgehead atoms. The van der Waals surface area contributed by atoms with Crippen molar-refractivity contribution in [2.75, 3.05) is 0 Å². The van der Waals surface area contributed by atoms with Gasteiger partial charge >= 0.3 is 0 Å². The van der Waals surface area contributed by atoms with Crippen LogP contribution in [0.3, 0.4) is 0 Å². The van der Waals surface area contributed by atoms with Crippen molar-refractivity contribution in [2.45, 2.75) is 13.3 Å². The first kappa shape index (κ1) is 14.9. The molecule has 3 nitrogen and oxygen atoms in total. The maximum Gasteiger partial charge on any atom is 0.173 e. The normalized spacial score (nSPS) is 11.7. The Morgan fingerprint density at radius 1 is 0.810 bits per heavy atom. The molecule has 0 saturated carbocycles. The van der Waals surface area contributed by atoms with Gasteiger partial charge in [-0.25, -0.2) is 0 Å². The van der Waals surface area contributed by atoms with Crippen LogP contribution in [0.4, 0.5) is 0 Å². The Bertz CT molecular complexity index is 645. The van der Waals surface area contributed by atoms with Crippen LogP contribution >= 0.6 is 0 Å². The third-order valence-corrected chi connectivity index (χ3v) is 3.35. The summed E-state index contributed by atoms with van der Waals surface area (Å²) in [5.41, 5.74) is 0.975. The molecule has 1 atom stereocenters. The molecule has 0 saturated heterocycles. The fourth-order valence-electron chi connectivity index (χ4n) is 2.15. The largest absolute Gasteiger partial charge is 0.299 e. The molecule has 2 rings (SSSR count). The molecule has 0 amide bonds. The predicted octanol–water partition coefficient (Wildman–Crippen LogP) is 3.35. The lowest BCUT2D eigenvalue weighted by molar-refractivity contribution is -0.119. The van der Waals surface area contributed by atoms with Crippen molar-refractivity contribution < 1.29 is 14.4 Å². The van der Waals surface area contributed by atoms with Gasteiger partial charge in [-0.3, -0.25) is 14.4 Å². The van der Waals surface area contributed by atoms with Crippen LogP contribution in [0.1, 0.15) is 34.1 Å². The van der Waals surface area contributed by atoms with Gasteiger partial charge in [0.05, 0.1) is 5.92 Å². The summed E-state index contributed by atoms with van der Waals surface area (Å²) in [7, 11) is 0. The molecular weight excluding hydrogens is 264 g/mol. The molecule has 1 unspecified atom stereocenters. The van der Waals surface area contributed by atoms with Crippen LogP contribution in [0.5, 0.6) is 0 Å². The Labute approximate surface area is 123 Å². The first-order valence-electron chi connectivity index (χ1n) is 6.77. The van der Waals surface area contributed by atoms with E-state index in [0.29, 0.717) is 11.1 Å². The van der Waals surface area contributed by atoms with Crippen molar-refractivity contribution in [1.82, 2.24) is 0 Å². The molecule has 0 N–H and O–H groups in total. The van der Waals surface area contributed by atoms with E-state index in [0.717, 1.165) is 0 Å². The third-order valence-electron chi connectivity index (χ3n) is 3.35. The molecular formula is C18H16O3. The van der Waals surface area contributed by atoms with Gasteiger partial charge in [-0.1, -0.05) is 60.7 Å². The number of carbonyl (C=O) groups is 3. The molecule has 21 heavy (non-hydrogen) atoms. The van der Waals surface area contributed by atoms with Crippen molar-refractivity contribution in [3.05, 3.63) is 71.8 Å². The van der Waals surface area contributed by atoms with E-state index in [4.69, 9.17) is 0 Å². The summed E-state index contributed by atoms with van der Waals surface area (Å²) in [5, 5.41) is 0. The van der Waals surface area contributed by atoms with E-state index in [2.05, 4.69) is 0 Å². The van der Waals surface area contributed by atoms with Gasteiger partial charge in [0.25, 0.3) is 0 Å². The molecule has 0 aliphatic heterocycles. The summed E-state index contributed by atoms with van der Waals surface area (Å²) in [6.07, 6.45) is -0.0902. The van der Waals surface area contributed by atoms with Crippen molar-refractivity contribution in [2.24, 2.45) is 5.92 Å². The van der Waals surface area contributed by atoms with E-state index >= 15 is 0 Å². The average Bonchev–Trinajstić information content (AvgIpc) is 2.53. The Morgan fingerprint density at radius 3 is 1.76 bits per heavy atom. The number of Topliss-reactive ketones (excluding diaryl/α,β-unsaturated/α-hetero) is 3. The molecule has 0 spiro atoms. The highest BCUT2D eigenvalue weighted by Gasteiger charge is 2.27.